The molecule has 0 aliphatic heterocycles. The lowest BCUT2D eigenvalue weighted by Gasteiger charge is -1.97. The van der Waals surface area contributed by atoms with Crippen LogP contribution in [-0.2, 0) is 10.5 Å². The van der Waals surface area contributed by atoms with Crippen molar-refractivity contribution in [3.05, 3.63) is 28.5 Å². The first-order chi connectivity index (χ1) is 5.83. The van der Waals surface area contributed by atoms with Crippen LogP contribution in [0.1, 0.15) is 5.56 Å². The molecule has 0 N–H and O–H groups in total. The maximum Gasteiger partial charge on any atom is 0.129 e. The Morgan fingerprint density at radius 2 is 2.42 bits per heavy atom. The van der Waals surface area contributed by atoms with Crippen LogP contribution in [0.5, 0.6) is 0 Å². The first-order valence-corrected chi connectivity index (χ1v) is 5.38. The van der Waals surface area contributed by atoms with Crippen molar-refractivity contribution < 1.29 is 4.79 Å². The fraction of sp³-hybridized carbons (Fsp3) is 0.250. The average Bonchev–Trinajstić information content (AvgIpc) is 2.05. The monoisotopic (exact) mass is 245 g/mol. The quantitative estimate of drug-likeness (QED) is 0.603. The summed E-state index contributed by atoms with van der Waals surface area (Å²) in [6.07, 6.45) is 4.46. The number of hydrogen-bond acceptors (Lipinski definition) is 3. The molecular weight excluding hydrogens is 238 g/mol. The third kappa shape index (κ3) is 3.36. The van der Waals surface area contributed by atoms with Gasteiger partial charge < -0.3 is 4.79 Å². The van der Waals surface area contributed by atoms with E-state index in [0.29, 0.717) is 5.75 Å². The molecule has 1 aromatic heterocycles. The summed E-state index contributed by atoms with van der Waals surface area (Å²) in [6.45, 7) is 0. The molecule has 0 spiro atoms. The van der Waals surface area contributed by atoms with Crippen LogP contribution in [0.3, 0.4) is 0 Å². The zero-order valence-electron chi connectivity index (χ0n) is 6.37. The van der Waals surface area contributed by atoms with Crippen LogP contribution in [-0.4, -0.2) is 17.0 Å². The fourth-order valence-corrected chi connectivity index (χ4v) is 1.78. The van der Waals surface area contributed by atoms with Crippen LogP contribution < -0.4 is 0 Å². The van der Waals surface area contributed by atoms with Crippen molar-refractivity contribution in [2.24, 2.45) is 0 Å². The third-order valence-electron chi connectivity index (χ3n) is 1.22. The van der Waals surface area contributed by atoms with Gasteiger partial charge in [-0.3, -0.25) is 4.98 Å². The van der Waals surface area contributed by atoms with Crippen molar-refractivity contribution in [3.63, 3.8) is 0 Å². The normalized spacial score (nSPS) is 9.75. The van der Waals surface area contributed by atoms with E-state index in [4.69, 9.17) is 0 Å². The molecule has 0 fully saturated rings. The second-order valence-electron chi connectivity index (χ2n) is 2.19. The highest BCUT2D eigenvalue weighted by Gasteiger charge is 1.94. The van der Waals surface area contributed by atoms with E-state index in [2.05, 4.69) is 20.9 Å². The van der Waals surface area contributed by atoms with E-state index in [1.807, 2.05) is 12.3 Å². The minimum atomic E-state index is 0.548. The number of aldehydes is 1. The molecule has 64 valence electrons. The predicted molar refractivity (Wildman–Crippen MR) is 54.2 cm³/mol. The number of carbonyl (C=O) groups is 1. The summed E-state index contributed by atoms with van der Waals surface area (Å²) >= 11 is 4.92. The van der Waals surface area contributed by atoms with Gasteiger partial charge >= 0.3 is 0 Å². The van der Waals surface area contributed by atoms with Gasteiger partial charge in [-0.15, -0.1) is 11.8 Å². The summed E-state index contributed by atoms with van der Waals surface area (Å²) < 4.78 is 0.978. The van der Waals surface area contributed by atoms with Gasteiger partial charge in [0.15, 0.2) is 0 Å². The number of thioether (sulfide) groups is 1. The van der Waals surface area contributed by atoms with Crippen molar-refractivity contribution in [1.82, 2.24) is 4.98 Å². The third-order valence-corrected chi connectivity index (χ3v) is 2.56. The van der Waals surface area contributed by atoms with Crippen LogP contribution in [0.2, 0.25) is 0 Å². The van der Waals surface area contributed by atoms with Crippen LogP contribution >= 0.6 is 27.7 Å². The van der Waals surface area contributed by atoms with Gasteiger partial charge in [0.05, 0.1) is 0 Å². The molecule has 0 unspecified atom stereocenters. The smallest absolute Gasteiger partial charge is 0.129 e. The van der Waals surface area contributed by atoms with E-state index in [9.17, 15) is 4.79 Å². The zero-order valence-corrected chi connectivity index (χ0v) is 8.77. The molecule has 0 aromatic carbocycles. The topological polar surface area (TPSA) is 30.0 Å². The highest BCUT2D eigenvalue weighted by Crippen LogP contribution is 2.14. The van der Waals surface area contributed by atoms with Crippen molar-refractivity contribution in [1.29, 1.82) is 0 Å². The first kappa shape index (κ1) is 9.74. The molecule has 0 saturated heterocycles. The largest absolute Gasteiger partial charge is 0.302 e. The highest BCUT2D eigenvalue weighted by molar-refractivity contribution is 9.10. The molecule has 0 radical (unpaired) electrons. The molecule has 1 rings (SSSR count). The highest BCUT2D eigenvalue weighted by atomic mass is 79.9. The molecule has 0 saturated carbocycles. The van der Waals surface area contributed by atoms with E-state index < -0.39 is 0 Å². The lowest BCUT2D eigenvalue weighted by atomic mass is 10.3. The molecule has 4 heteroatoms. The number of hydrogen-bond donors (Lipinski definition) is 0. The number of rotatable bonds is 4. The van der Waals surface area contributed by atoms with Crippen molar-refractivity contribution in [2.75, 3.05) is 5.75 Å². The van der Waals surface area contributed by atoms with E-state index in [1.54, 1.807) is 18.0 Å². The minimum absolute atomic E-state index is 0.548. The Morgan fingerprint density at radius 3 is 3.08 bits per heavy atom. The van der Waals surface area contributed by atoms with Gasteiger partial charge in [-0.05, 0) is 27.6 Å². The van der Waals surface area contributed by atoms with Crippen LogP contribution in [0, 0.1) is 0 Å². The zero-order chi connectivity index (χ0) is 8.81. The van der Waals surface area contributed by atoms with Gasteiger partial charge in [-0.2, -0.15) is 0 Å². The summed E-state index contributed by atoms with van der Waals surface area (Å²) in [5.74, 6) is 1.39. The average molecular weight is 246 g/mol. The Bertz CT molecular complexity index is 267. The number of pyridine rings is 1. The Labute approximate surface area is 83.9 Å². The molecule has 0 atom stereocenters. The summed E-state index contributed by atoms with van der Waals surface area (Å²) in [7, 11) is 0. The molecule has 2 nitrogen and oxygen atoms in total. The molecular formula is C8H8BrNOS. The van der Waals surface area contributed by atoms with Gasteiger partial charge in [0.2, 0.25) is 0 Å². The summed E-state index contributed by atoms with van der Waals surface area (Å²) in [4.78, 5) is 14.0. The van der Waals surface area contributed by atoms with Gasteiger partial charge in [0, 0.05) is 28.4 Å². The first-order valence-electron chi connectivity index (χ1n) is 3.43. The van der Waals surface area contributed by atoms with E-state index in [0.717, 1.165) is 22.1 Å². The molecule has 1 heterocycles. The molecule has 1 aromatic rings. The Balaban J connectivity index is 2.46. The van der Waals surface area contributed by atoms with E-state index in [1.165, 1.54) is 0 Å². The molecule has 0 amide bonds. The molecule has 0 bridgehead atoms. The van der Waals surface area contributed by atoms with Crippen molar-refractivity contribution in [3.8, 4) is 0 Å². The van der Waals surface area contributed by atoms with E-state index in [-0.39, 0.29) is 0 Å². The summed E-state index contributed by atoms with van der Waals surface area (Å²) in [6, 6.07) is 2.00. The standard InChI is InChI=1S/C8H8BrNOS/c9-8-3-7(4-10-5-8)6-12-2-1-11/h1,3-5H,2,6H2. The lowest BCUT2D eigenvalue weighted by molar-refractivity contribution is -0.105. The Morgan fingerprint density at radius 1 is 1.58 bits per heavy atom. The maximum absolute atomic E-state index is 10.0. The summed E-state index contributed by atoms with van der Waals surface area (Å²) in [5.41, 5.74) is 1.14. The van der Waals surface area contributed by atoms with E-state index >= 15 is 0 Å². The Kier molecular flexibility index (Phi) is 4.32. The maximum atomic E-state index is 10.0. The molecule has 0 aliphatic carbocycles. The Hall–Kier alpha value is -0.350. The van der Waals surface area contributed by atoms with Gasteiger partial charge in [-0.25, -0.2) is 0 Å². The number of nitrogens with zero attached hydrogens (tertiary/aromatic N) is 1. The predicted octanol–water partition coefficient (Wildman–Crippen LogP) is 2.28. The molecule has 12 heavy (non-hydrogen) atoms. The van der Waals surface area contributed by atoms with Gasteiger partial charge in [-0.1, -0.05) is 0 Å². The van der Waals surface area contributed by atoms with Crippen LogP contribution in [0.4, 0.5) is 0 Å². The van der Waals surface area contributed by atoms with Crippen molar-refractivity contribution >= 4 is 34.0 Å². The lowest BCUT2D eigenvalue weighted by Crippen LogP contribution is -1.85. The SMILES string of the molecule is O=CCSCc1cncc(Br)c1. The number of halogens is 1. The fourth-order valence-electron chi connectivity index (χ4n) is 0.760. The second kappa shape index (κ2) is 5.32. The number of aromatic nitrogens is 1. The van der Waals surface area contributed by atoms with Crippen LogP contribution in [0.25, 0.3) is 0 Å². The van der Waals surface area contributed by atoms with Gasteiger partial charge in [0.25, 0.3) is 0 Å². The van der Waals surface area contributed by atoms with Gasteiger partial charge in [0.1, 0.15) is 6.29 Å². The van der Waals surface area contributed by atoms with Crippen LogP contribution in [0.15, 0.2) is 22.9 Å². The van der Waals surface area contributed by atoms with Crippen molar-refractivity contribution in [2.45, 2.75) is 5.75 Å². The molecule has 0 aliphatic rings. The number of carbonyl (C=O) groups excluding carboxylic acids is 1. The summed E-state index contributed by atoms with van der Waals surface area (Å²) in [5, 5.41) is 0. The minimum Gasteiger partial charge on any atom is -0.302 e. The second-order valence-corrected chi connectivity index (χ2v) is 4.14.